The first-order chi connectivity index (χ1) is 10.3. The van der Waals surface area contributed by atoms with Gasteiger partial charge in [-0.1, -0.05) is 38.1 Å². The smallest absolute Gasteiger partial charge is 0.282 e. The van der Waals surface area contributed by atoms with Crippen molar-refractivity contribution >= 4 is 20.9 Å². The second-order valence-electron chi connectivity index (χ2n) is 5.64. The lowest BCUT2D eigenvalue weighted by Crippen LogP contribution is -2.16. The summed E-state index contributed by atoms with van der Waals surface area (Å²) < 4.78 is 45.7. The number of fused-ring (bicyclic) bond motifs is 2. The minimum atomic E-state index is -4.42. The molecule has 0 aliphatic carbocycles. The van der Waals surface area contributed by atoms with Gasteiger partial charge in [0.05, 0.1) is 15.7 Å². The molecule has 3 rings (SSSR count). The monoisotopic (exact) mass is 336 g/mol. The Morgan fingerprint density at radius 3 is 2.45 bits per heavy atom. The largest absolute Gasteiger partial charge is 0.295 e. The zero-order valence-electron chi connectivity index (χ0n) is 12.2. The molecule has 116 valence electrons. The van der Waals surface area contributed by atoms with Gasteiger partial charge in [0.1, 0.15) is 4.90 Å². The Bertz CT molecular complexity index is 883. The average Bonchev–Trinajstić information content (AvgIpc) is 2.45. The molecule has 4 nitrogen and oxygen atoms in total. The maximum absolute atomic E-state index is 12.9. The van der Waals surface area contributed by atoms with Crippen LogP contribution in [0.2, 0.25) is 0 Å². The first kappa shape index (κ1) is 15.4. The normalized spacial score (nSPS) is 17.2. The van der Waals surface area contributed by atoms with Crippen molar-refractivity contribution < 1.29 is 17.2 Å². The number of hydrogen-bond acceptors (Lipinski definition) is 3. The highest BCUT2D eigenvalue weighted by molar-refractivity contribution is 7.88. The van der Waals surface area contributed by atoms with Crippen LogP contribution >= 0.6 is 0 Å². The maximum Gasteiger partial charge on any atom is 0.295 e. The van der Waals surface area contributed by atoms with Crippen molar-refractivity contribution in [1.29, 1.82) is 0 Å². The minimum Gasteiger partial charge on any atom is -0.282 e. The molecule has 0 amide bonds. The summed E-state index contributed by atoms with van der Waals surface area (Å²) in [6, 6.07) is 10.4. The quantitative estimate of drug-likeness (QED) is 0.730. The Kier molecular flexibility index (Phi) is 3.71. The van der Waals surface area contributed by atoms with Gasteiger partial charge in [0.2, 0.25) is 0 Å². The Morgan fingerprint density at radius 2 is 1.82 bits per heavy atom. The molecule has 0 saturated carbocycles. The molecule has 0 aromatic heterocycles. The summed E-state index contributed by atoms with van der Waals surface area (Å²) in [4.78, 5) is 0.591. The molecule has 2 aromatic rings. The molecule has 0 bridgehead atoms. The van der Waals surface area contributed by atoms with Gasteiger partial charge >= 0.3 is 0 Å². The van der Waals surface area contributed by atoms with Crippen LogP contribution in [-0.2, 0) is 27.3 Å². The molecule has 0 saturated heterocycles. The number of rotatable bonds is 2. The molecular formula is C16H16O4S2. The van der Waals surface area contributed by atoms with Gasteiger partial charge in [-0.05, 0) is 34.7 Å². The van der Waals surface area contributed by atoms with E-state index in [2.05, 4.69) is 0 Å². The summed E-state index contributed by atoms with van der Waals surface area (Å²) in [7, 11) is -6.03. The molecule has 0 fully saturated rings. The molecule has 1 N–H and O–H groups in total. The van der Waals surface area contributed by atoms with Crippen LogP contribution in [0.4, 0.5) is 0 Å². The average molecular weight is 336 g/mol. The number of benzene rings is 2. The van der Waals surface area contributed by atoms with Crippen LogP contribution < -0.4 is 0 Å². The van der Waals surface area contributed by atoms with Crippen molar-refractivity contribution in [3.05, 3.63) is 53.1 Å². The topological polar surface area (TPSA) is 71.4 Å². The zero-order valence-corrected chi connectivity index (χ0v) is 13.9. The predicted octanol–water partition coefficient (Wildman–Crippen LogP) is 3.13. The van der Waals surface area contributed by atoms with E-state index in [4.69, 9.17) is 0 Å². The zero-order chi connectivity index (χ0) is 16.1. The van der Waals surface area contributed by atoms with E-state index < -0.39 is 20.9 Å². The summed E-state index contributed by atoms with van der Waals surface area (Å²) in [5.41, 5.74) is 2.65. The highest BCUT2D eigenvalue weighted by Crippen LogP contribution is 2.39. The van der Waals surface area contributed by atoms with E-state index in [0.717, 1.165) is 16.7 Å². The first-order valence-corrected chi connectivity index (χ1v) is 9.52. The van der Waals surface area contributed by atoms with Gasteiger partial charge in [0.25, 0.3) is 10.1 Å². The van der Waals surface area contributed by atoms with Gasteiger partial charge in [-0.25, -0.2) is 4.21 Å². The summed E-state index contributed by atoms with van der Waals surface area (Å²) in [5, 5.41) is 0. The van der Waals surface area contributed by atoms with Crippen LogP contribution in [0, 0.1) is 0 Å². The fourth-order valence-corrected chi connectivity index (χ4v) is 5.49. The van der Waals surface area contributed by atoms with Crippen molar-refractivity contribution in [3.8, 4) is 0 Å². The van der Waals surface area contributed by atoms with Crippen LogP contribution in [0.5, 0.6) is 0 Å². The lowest BCUT2D eigenvalue weighted by molar-refractivity contribution is 0.480. The first-order valence-electron chi connectivity index (χ1n) is 6.93. The second-order valence-corrected chi connectivity index (χ2v) is 8.42. The summed E-state index contributed by atoms with van der Waals surface area (Å²) >= 11 is 0. The lowest BCUT2D eigenvalue weighted by atomic mass is 9.92. The van der Waals surface area contributed by atoms with E-state index in [1.165, 1.54) is 6.07 Å². The third kappa shape index (κ3) is 2.41. The Balaban J connectivity index is 2.37. The van der Waals surface area contributed by atoms with E-state index in [1.807, 2.05) is 26.0 Å². The van der Waals surface area contributed by atoms with Gasteiger partial charge in [0.15, 0.2) is 0 Å². The molecule has 6 heteroatoms. The molecule has 1 unspecified atom stereocenters. The Morgan fingerprint density at radius 1 is 1.14 bits per heavy atom. The standard InChI is InChI=1S/C16H16O4S2/c1-10(2)12-7-8-15(22(18,19)20)16-13(12)9-11-5-3-4-6-14(11)21(16)17/h3-8,10H,9H2,1-2H3,(H,18,19,20). The van der Waals surface area contributed by atoms with Gasteiger partial charge in [-0.15, -0.1) is 0 Å². The van der Waals surface area contributed by atoms with E-state index in [1.54, 1.807) is 18.2 Å². The molecule has 2 aromatic carbocycles. The summed E-state index contributed by atoms with van der Waals surface area (Å²) in [6.45, 7) is 4.01. The van der Waals surface area contributed by atoms with Gasteiger partial charge in [0, 0.05) is 11.3 Å². The molecule has 0 spiro atoms. The summed E-state index contributed by atoms with van der Waals surface area (Å²) in [6.07, 6.45) is 0.522. The van der Waals surface area contributed by atoms with Crippen LogP contribution in [0.25, 0.3) is 0 Å². The molecule has 1 aliphatic heterocycles. The Labute approximate surface area is 132 Å². The fourth-order valence-electron chi connectivity index (χ4n) is 2.88. The van der Waals surface area contributed by atoms with E-state index in [0.29, 0.717) is 11.3 Å². The summed E-state index contributed by atoms with van der Waals surface area (Å²) in [5.74, 6) is 0.173. The fraction of sp³-hybridized carbons (Fsp3) is 0.250. The second kappa shape index (κ2) is 5.30. The predicted molar refractivity (Wildman–Crippen MR) is 84.3 cm³/mol. The lowest BCUT2D eigenvalue weighted by Gasteiger charge is -2.24. The van der Waals surface area contributed by atoms with Gasteiger partial charge in [-0.3, -0.25) is 4.55 Å². The van der Waals surface area contributed by atoms with Crippen molar-refractivity contribution in [2.24, 2.45) is 0 Å². The molecule has 1 atom stereocenters. The highest BCUT2D eigenvalue weighted by atomic mass is 32.2. The minimum absolute atomic E-state index is 0.173. The Hall–Kier alpha value is -1.50. The molecular weight excluding hydrogens is 320 g/mol. The molecule has 22 heavy (non-hydrogen) atoms. The molecule has 1 heterocycles. The SMILES string of the molecule is CC(C)c1ccc(S(=O)(=O)O)c2c1Cc1ccccc1S2=O. The third-order valence-electron chi connectivity index (χ3n) is 3.89. The van der Waals surface area contributed by atoms with Crippen molar-refractivity contribution in [3.63, 3.8) is 0 Å². The van der Waals surface area contributed by atoms with Crippen molar-refractivity contribution in [2.75, 3.05) is 0 Å². The van der Waals surface area contributed by atoms with E-state index in [9.17, 15) is 17.2 Å². The van der Waals surface area contributed by atoms with Crippen LogP contribution in [0.1, 0.15) is 36.5 Å². The van der Waals surface area contributed by atoms with Crippen LogP contribution in [0.3, 0.4) is 0 Å². The molecule has 1 aliphatic rings. The molecule has 0 radical (unpaired) electrons. The van der Waals surface area contributed by atoms with Crippen LogP contribution in [-0.4, -0.2) is 17.2 Å². The van der Waals surface area contributed by atoms with Crippen molar-refractivity contribution in [2.45, 2.75) is 40.9 Å². The van der Waals surface area contributed by atoms with Crippen LogP contribution in [0.15, 0.2) is 51.1 Å². The highest BCUT2D eigenvalue weighted by Gasteiger charge is 2.31. The van der Waals surface area contributed by atoms with Gasteiger partial charge < -0.3 is 0 Å². The maximum atomic E-state index is 12.9. The number of hydrogen-bond donors (Lipinski definition) is 1. The van der Waals surface area contributed by atoms with Gasteiger partial charge in [-0.2, -0.15) is 8.42 Å². The van der Waals surface area contributed by atoms with Crippen molar-refractivity contribution in [1.82, 2.24) is 0 Å². The van der Waals surface area contributed by atoms with E-state index >= 15 is 0 Å². The third-order valence-corrected chi connectivity index (χ3v) is 6.55. The van der Waals surface area contributed by atoms with E-state index in [-0.39, 0.29) is 15.7 Å².